The van der Waals surface area contributed by atoms with Crippen molar-refractivity contribution in [3.63, 3.8) is 0 Å². The molecule has 156 valence electrons. The van der Waals surface area contributed by atoms with E-state index in [2.05, 4.69) is 0 Å². The first kappa shape index (κ1) is 20.3. The number of anilines is 1. The van der Waals surface area contributed by atoms with Gasteiger partial charge in [-0.3, -0.25) is 9.59 Å². The third-order valence-electron chi connectivity index (χ3n) is 6.32. The summed E-state index contributed by atoms with van der Waals surface area (Å²) in [6.07, 6.45) is 0.993. The van der Waals surface area contributed by atoms with Crippen LogP contribution < -0.4 is 4.90 Å². The first-order valence-electron chi connectivity index (χ1n) is 10.1. The highest BCUT2D eigenvalue weighted by Crippen LogP contribution is 2.49. The van der Waals surface area contributed by atoms with Crippen molar-refractivity contribution in [3.05, 3.63) is 99.0 Å². The summed E-state index contributed by atoms with van der Waals surface area (Å²) in [6.45, 7) is 0.187. The van der Waals surface area contributed by atoms with Crippen molar-refractivity contribution < 1.29 is 14.7 Å². The number of hydrogen-bond donors (Lipinski definition) is 1. The third kappa shape index (κ3) is 3.09. The smallest absolute Gasteiger partial charge is 0.264 e. The lowest BCUT2D eigenvalue weighted by Crippen LogP contribution is -2.49. The molecule has 1 amide bonds. The molecule has 5 rings (SSSR count). The van der Waals surface area contributed by atoms with Gasteiger partial charge in [-0.05, 0) is 48.2 Å². The number of halogens is 2. The zero-order chi connectivity index (χ0) is 21.8. The number of carbonyl (C=O) groups excluding carboxylic acids is 2. The quantitative estimate of drug-likeness (QED) is 0.597. The summed E-state index contributed by atoms with van der Waals surface area (Å²) in [5.41, 5.74) is 1.19. The molecule has 0 spiro atoms. The van der Waals surface area contributed by atoms with Crippen molar-refractivity contribution >= 4 is 40.6 Å². The monoisotopic (exact) mass is 451 g/mol. The van der Waals surface area contributed by atoms with Gasteiger partial charge >= 0.3 is 0 Å². The maximum Gasteiger partial charge on any atom is 0.264 e. The van der Waals surface area contributed by atoms with Gasteiger partial charge in [-0.2, -0.15) is 0 Å². The van der Waals surface area contributed by atoms with Crippen LogP contribution in [0.1, 0.15) is 33.5 Å². The van der Waals surface area contributed by atoms with Gasteiger partial charge < -0.3 is 10.0 Å². The molecule has 1 N–H and O–H groups in total. The van der Waals surface area contributed by atoms with E-state index in [9.17, 15) is 14.7 Å². The third-order valence-corrected chi connectivity index (χ3v) is 6.93. The maximum atomic E-state index is 13.7. The number of aliphatic hydroxyl groups is 1. The van der Waals surface area contributed by atoms with Crippen molar-refractivity contribution in [2.45, 2.75) is 25.0 Å². The summed E-state index contributed by atoms with van der Waals surface area (Å²) in [4.78, 5) is 28.6. The number of rotatable bonds is 3. The molecule has 3 aromatic rings. The minimum atomic E-state index is -1.98. The Bertz CT molecular complexity index is 1220. The number of carbonyl (C=O) groups is 2. The lowest BCUT2D eigenvalue weighted by molar-refractivity contribution is -0.140. The van der Waals surface area contributed by atoms with Crippen molar-refractivity contribution in [1.82, 2.24) is 0 Å². The average Bonchev–Trinajstić information content (AvgIpc) is 2.98. The second-order valence-electron chi connectivity index (χ2n) is 8.02. The van der Waals surface area contributed by atoms with E-state index in [1.54, 1.807) is 36.4 Å². The predicted octanol–water partition coefficient (Wildman–Crippen LogP) is 5.17. The minimum absolute atomic E-state index is 0.187. The fourth-order valence-electron chi connectivity index (χ4n) is 4.77. The van der Waals surface area contributed by atoms with Gasteiger partial charge in [0, 0.05) is 21.2 Å². The van der Waals surface area contributed by atoms with Gasteiger partial charge in [0.2, 0.25) is 0 Å². The summed E-state index contributed by atoms with van der Waals surface area (Å²) in [5.74, 6) is -1.63. The largest absolute Gasteiger partial charge is 0.375 e. The zero-order valence-electron chi connectivity index (χ0n) is 16.5. The van der Waals surface area contributed by atoms with Crippen LogP contribution in [0.4, 0.5) is 5.69 Å². The molecule has 31 heavy (non-hydrogen) atoms. The first-order chi connectivity index (χ1) is 14.9. The van der Waals surface area contributed by atoms with E-state index in [4.69, 9.17) is 23.2 Å². The van der Waals surface area contributed by atoms with Gasteiger partial charge in [-0.15, -0.1) is 0 Å². The van der Waals surface area contributed by atoms with Crippen molar-refractivity contribution in [2.24, 2.45) is 5.92 Å². The maximum absolute atomic E-state index is 13.7. The van der Waals surface area contributed by atoms with Crippen molar-refractivity contribution in [1.29, 1.82) is 0 Å². The zero-order valence-corrected chi connectivity index (χ0v) is 18.0. The van der Waals surface area contributed by atoms with E-state index in [-0.39, 0.29) is 12.3 Å². The number of benzene rings is 3. The van der Waals surface area contributed by atoms with Crippen LogP contribution >= 0.6 is 23.2 Å². The summed E-state index contributed by atoms with van der Waals surface area (Å²) >= 11 is 12.6. The second-order valence-corrected chi connectivity index (χ2v) is 8.87. The fourth-order valence-corrected chi connectivity index (χ4v) is 5.13. The number of fused-ring (bicyclic) bond motifs is 2. The second kappa shape index (κ2) is 7.49. The summed E-state index contributed by atoms with van der Waals surface area (Å²) < 4.78 is 0. The van der Waals surface area contributed by atoms with Crippen LogP contribution in [0.15, 0.2) is 66.7 Å². The van der Waals surface area contributed by atoms with Crippen LogP contribution in [-0.2, 0) is 23.4 Å². The van der Waals surface area contributed by atoms with Gasteiger partial charge in [0.15, 0.2) is 11.4 Å². The molecule has 1 aliphatic heterocycles. The Kier molecular flexibility index (Phi) is 4.89. The molecular weight excluding hydrogens is 433 g/mol. The summed E-state index contributed by atoms with van der Waals surface area (Å²) in [7, 11) is 0. The van der Waals surface area contributed by atoms with Gasteiger partial charge in [0.1, 0.15) is 0 Å². The Labute approximate surface area is 190 Å². The molecule has 6 heteroatoms. The normalized spacial score (nSPS) is 22.4. The lowest BCUT2D eigenvalue weighted by atomic mass is 9.71. The molecule has 2 unspecified atom stereocenters. The molecule has 1 aliphatic carbocycles. The molecule has 0 fully saturated rings. The number of amides is 1. The van der Waals surface area contributed by atoms with Crippen molar-refractivity contribution in [3.8, 4) is 0 Å². The highest BCUT2D eigenvalue weighted by Gasteiger charge is 2.57. The van der Waals surface area contributed by atoms with E-state index >= 15 is 0 Å². The molecule has 1 heterocycles. The Morgan fingerprint density at radius 2 is 1.74 bits per heavy atom. The van der Waals surface area contributed by atoms with Crippen LogP contribution in [0.3, 0.4) is 0 Å². The van der Waals surface area contributed by atoms with Crippen molar-refractivity contribution in [2.75, 3.05) is 4.90 Å². The fraction of sp³-hybridized carbons (Fsp3) is 0.200. The highest BCUT2D eigenvalue weighted by molar-refractivity contribution is 6.31. The Hall–Kier alpha value is -2.66. The number of ketones is 1. The van der Waals surface area contributed by atoms with Crippen LogP contribution in [-0.4, -0.2) is 16.8 Å². The van der Waals surface area contributed by atoms with Gasteiger partial charge in [0.05, 0.1) is 18.2 Å². The molecule has 0 saturated heterocycles. The van der Waals surface area contributed by atoms with Crippen LogP contribution in [0.5, 0.6) is 0 Å². The Morgan fingerprint density at radius 1 is 1.00 bits per heavy atom. The number of aryl methyl sites for hydroxylation is 1. The Balaban J connectivity index is 1.61. The first-order valence-corrected chi connectivity index (χ1v) is 10.9. The SMILES string of the molecule is O=C1c2ccccc2CCC1C1(O)C(=O)N(Cc2ccccc2Cl)c2ccc(Cl)cc21. The van der Waals surface area contributed by atoms with Crippen LogP contribution in [0, 0.1) is 5.92 Å². The standard InChI is InChI=1S/C25H19Cl2NO3/c26-17-10-12-22-20(13-17)25(31,19-11-9-15-5-1-3-7-18(15)23(19)29)24(30)28(22)14-16-6-2-4-8-21(16)27/h1-8,10,12-13,19,31H,9,11,14H2. The highest BCUT2D eigenvalue weighted by atomic mass is 35.5. The molecule has 0 radical (unpaired) electrons. The van der Waals surface area contributed by atoms with E-state index in [0.717, 1.165) is 11.1 Å². The van der Waals surface area contributed by atoms with Crippen LogP contribution in [0.2, 0.25) is 10.0 Å². The molecule has 2 aliphatic rings. The molecule has 3 aromatic carbocycles. The van der Waals surface area contributed by atoms with E-state index in [1.807, 2.05) is 30.3 Å². The number of Topliss-reactive ketones (excluding diaryl/α,β-unsaturated/α-hetero) is 1. The summed E-state index contributed by atoms with van der Waals surface area (Å²) in [5, 5.41) is 12.8. The Morgan fingerprint density at radius 3 is 2.55 bits per heavy atom. The van der Waals surface area contributed by atoms with Crippen LogP contribution in [0.25, 0.3) is 0 Å². The van der Waals surface area contributed by atoms with E-state index in [0.29, 0.717) is 39.7 Å². The summed E-state index contributed by atoms with van der Waals surface area (Å²) in [6, 6.07) is 19.6. The van der Waals surface area contributed by atoms with Gasteiger partial charge in [-0.1, -0.05) is 65.7 Å². The molecule has 0 bridgehead atoms. The van der Waals surface area contributed by atoms with E-state index < -0.39 is 17.4 Å². The topological polar surface area (TPSA) is 57.6 Å². The molecule has 4 nitrogen and oxygen atoms in total. The van der Waals surface area contributed by atoms with E-state index in [1.165, 1.54) is 4.90 Å². The number of hydrogen-bond acceptors (Lipinski definition) is 3. The number of nitrogens with zero attached hydrogens (tertiary/aromatic N) is 1. The molecule has 2 atom stereocenters. The predicted molar refractivity (Wildman–Crippen MR) is 121 cm³/mol. The van der Waals surface area contributed by atoms with Gasteiger partial charge in [0.25, 0.3) is 5.91 Å². The van der Waals surface area contributed by atoms with Gasteiger partial charge in [-0.25, -0.2) is 0 Å². The molecule has 0 aromatic heterocycles. The minimum Gasteiger partial charge on any atom is -0.375 e. The average molecular weight is 452 g/mol. The molecular formula is C25H19Cl2NO3. The lowest BCUT2D eigenvalue weighted by Gasteiger charge is -2.34. The molecule has 0 saturated carbocycles.